The summed E-state index contributed by atoms with van der Waals surface area (Å²) >= 11 is 0. The fraction of sp³-hybridized carbons (Fsp3) is 0.417. The van der Waals surface area contributed by atoms with Crippen molar-refractivity contribution in [3.8, 4) is 0 Å². The molecule has 0 aromatic heterocycles. The van der Waals surface area contributed by atoms with E-state index in [1.54, 1.807) is 4.90 Å². The van der Waals surface area contributed by atoms with Gasteiger partial charge in [0, 0.05) is 38.3 Å². The van der Waals surface area contributed by atoms with Gasteiger partial charge in [0.1, 0.15) is 0 Å². The lowest BCUT2D eigenvalue weighted by molar-refractivity contribution is -0.392. The minimum atomic E-state index is -0.948. The van der Waals surface area contributed by atoms with Gasteiger partial charge in [-0.2, -0.15) is 0 Å². The number of nitro groups is 2. The maximum absolute atomic E-state index is 11.3. The van der Waals surface area contributed by atoms with Crippen LogP contribution in [-0.4, -0.2) is 53.9 Å². The lowest BCUT2D eigenvalue weighted by atomic mass is 10.1. The zero-order valence-corrected chi connectivity index (χ0v) is 11.9. The van der Waals surface area contributed by atoms with Crippen LogP contribution in [0.5, 0.6) is 0 Å². The minimum absolute atomic E-state index is 0.0758. The molecule has 1 amide bonds. The highest BCUT2D eigenvalue weighted by molar-refractivity contribution is 5.96. The van der Waals surface area contributed by atoms with Gasteiger partial charge in [0.2, 0.25) is 5.91 Å². The topological polar surface area (TPSA) is 136 Å². The lowest BCUT2D eigenvalue weighted by Crippen LogP contribution is -2.45. The summed E-state index contributed by atoms with van der Waals surface area (Å²) in [5.74, 6) is -0.948. The van der Waals surface area contributed by atoms with Crippen LogP contribution in [0.3, 0.4) is 0 Å². The van der Waals surface area contributed by atoms with E-state index in [2.05, 4.69) is 0 Å². The summed E-state index contributed by atoms with van der Waals surface area (Å²) in [4.78, 5) is 35.9. The third-order valence-corrected chi connectivity index (χ3v) is 3.57. The van der Waals surface area contributed by atoms with Crippen LogP contribution in [0.4, 0.5) is 17.1 Å². The SMILES string of the molecule is CN1CCN(c2c([N+](=O)[O-])cc(C(N)=O)cc2[N+](=O)[O-])CC1. The maximum Gasteiger partial charge on any atom is 0.300 e. The summed E-state index contributed by atoms with van der Waals surface area (Å²) in [7, 11) is 1.90. The Kier molecular flexibility index (Phi) is 4.22. The molecule has 0 unspecified atom stereocenters. The Bertz CT molecular complexity index is 604. The zero-order chi connectivity index (χ0) is 16.4. The first-order valence-electron chi connectivity index (χ1n) is 6.51. The molecule has 1 saturated heterocycles. The van der Waals surface area contributed by atoms with E-state index >= 15 is 0 Å². The molecule has 1 aromatic carbocycles. The van der Waals surface area contributed by atoms with Crippen molar-refractivity contribution in [1.29, 1.82) is 0 Å². The molecule has 118 valence electrons. The van der Waals surface area contributed by atoms with Gasteiger partial charge in [0.05, 0.1) is 15.4 Å². The smallest absolute Gasteiger partial charge is 0.300 e. The average Bonchev–Trinajstić information content (AvgIpc) is 2.46. The van der Waals surface area contributed by atoms with Crippen LogP contribution in [0.2, 0.25) is 0 Å². The van der Waals surface area contributed by atoms with E-state index in [0.717, 1.165) is 12.1 Å². The quantitative estimate of drug-likeness (QED) is 0.626. The van der Waals surface area contributed by atoms with Crippen LogP contribution in [0.15, 0.2) is 12.1 Å². The molecule has 1 fully saturated rings. The summed E-state index contributed by atoms with van der Waals surface area (Å²) in [6.45, 7) is 2.11. The number of hydrogen-bond donors (Lipinski definition) is 1. The Morgan fingerprint density at radius 2 is 1.55 bits per heavy atom. The summed E-state index contributed by atoms with van der Waals surface area (Å²) in [6, 6.07) is 1.98. The summed E-state index contributed by atoms with van der Waals surface area (Å²) in [6.07, 6.45) is 0. The number of piperazine rings is 1. The number of rotatable bonds is 4. The Morgan fingerprint density at radius 3 is 1.91 bits per heavy atom. The minimum Gasteiger partial charge on any atom is -0.366 e. The van der Waals surface area contributed by atoms with Gasteiger partial charge in [-0.25, -0.2) is 0 Å². The first kappa shape index (κ1) is 15.6. The molecule has 10 heteroatoms. The second kappa shape index (κ2) is 5.93. The van der Waals surface area contributed by atoms with Gasteiger partial charge >= 0.3 is 0 Å². The van der Waals surface area contributed by atoms with Gasteiger partial charge in [-0.3, -0.25) is 25.0 Å². The van der Waals surface area contributed by atoms with Crippen molar-refractivity contribution in [2.45, 2.75) is 0 Å². The molecule has 2 rings (SSSR count). The molecule has 1 aliphatic heterocycles. The van der Waals surface area contributed by atoms with Crippen molar-refractivity contribution in [3.63, 3.8) is 0 Å². The molecule has 0 saturated carbocycles. The van der Waals surface area contributed by atoms with Crippen molar-refractivity contribution in [1.82, 2.24) is 4.90 Å². The van der Waals surface area contributed by atoms with Gasteiger partial charge in [-0.15, -0.1) is 0 Å². The molecule has 1 aromatic rings. The Balaban J connectivity index is 2.61. The number of benzene rings is 1. The number of primary amides is 1. The van der Waals surface area contributed by atoms with E-state index in [0.29, 0.717) is 26.2 Å². The van der Waals surface area contributed by atoms with E-state index in [1.807, 2.05) is 11.9 Å². The van der Waals surface area contributed by atoms with Crippen LogP contribution >= 0.6 is 0 Å². The van der Waals surface area contributed by atoms with Crippen molar-refractivity contribution < 1.29 is 14.6 Å². The number of nitro benzene ring substituents is 2. The first-order chi connectivity index (χ1) is 10.3. The van der Waals surface area contributed by atoms with E-state index in [1.165, 1.54) is 0 Å². The third kappa shape index (κ3) is 2.96. The number of hydrogen-bond acceptors (Lipinski definition) is 7. The van der Waals surface area contributed by atoms with Crippen molar-refractivity contribution in [3.05, 3.63) is 37.9 Å². The molecular weight excluding hydrogens is 294 g/mol. The Labute approximate surface area is 125 Å². The number of carbonyl (C=O) groups excluding carboxylic acids is 1. The molecule has 0 spiro atoms. The molecular formula is C12H15N5O5. The maximum atomic E-state index is 11.3. The predicted octanol–water partition coefficient (Wildman–Crippen LogP) is 0.354. The average molecular weight is 309 g/mol. The van der Waals surface area contributed by atoms with Gasteiger partial charge < -0.3 is 15.5 Å². The van der Waals surface area contributed by atoms with Gasteiger partial charge in [-0.1, -0.05) is 0 Å². The Morgan fingerprint density at radius 1 is 1.09 bits per heavy atom. The highest BCUT2D eigenvalue weighted by atomic mass is 16.6. The summed E-state index contributed by atoms with van der Waals surface area (Å²) in [5.41, 5.74) is 3.81. The van der Waals surface area contributed by atoms with Crippen LogP contribution < -0.4 is 10.6 Å². The highest BCUT2D eigenvalue weighted by Crippen LogP contribution is 2.39. The third-order valence-electron chi connectivity index (χ3n) is 3.57. The fourth-order valence-electron chi connectivity index (χ4n) is 2.38. The van der Waals surface area contributed by atoms with E-state index < -0.39 is 27.1 Å². The number of anilines is 1. The normalized spacial score (nSPS) is 15.6. The number of amides is 1. The largest absolute Gasteiger partial charge is 0.366 e. The van der Waals surface area contributed by atoms with Crippen molar-refractivity contribution >= 4 is 23.0 Å². The monoisotopic (exact) mass is 309 g/mol. The number of likely N-dealkylation sites (N-methyl/N-ethyl adjacent to an activating group) is 1. The second-order valence-electron chi connectivity index (χ2n) is 5.03. The van der Waals surface area contributed by atoms with Crippen molar-refractivity contribution in [2.24, 2.45) is 5.73 Å². The van der Waals surface area contributed by atoms with E-state index in [9.17, 15) is 25.0 Å². The predicted molar refractivity (Wildman–Crippen MR) is 78.0 cm³/mol. The number of carbonyl (C=O) groups is 1. The van der Waals surface area contributed by atoms with E-state index in [4.69, 9.17) is 5.73 Å². The number of nitrogens with two attached hydrogens (primary N) is 1. The molecule has 10 nitrogen and oxygen atoms in total. The van der Waals surface area contributed by atoms with Gasteiger partial charge in [0.25, 0.3) is 11.4 Å². The second-order valence-corrected chi connectivity index (χ2v) is 5.03. The molecule has 2 N–H and O–H groups in total. The van der Waals surface area contributed by atoms with Crippen LogP contribution in [0, 0.1) is 20.2 Å². The molecule has 22 heavy (non-hydrogen) atoms. The molecule has 0 aliphatic carbocycles. The standard InChI is InChI=1S/C12H15N5O5/c1-14-2-4-15(5-3-14)11-9(16(19)20)6-8(12(13)18)7-10(11)17(21)22/h6-7H,2-5H2,1H3,(H2,13,18). The van der Waals surface area contributed by atoms with Gasteiger partial charge in [-0.05, 0) is 7.05 Å². The molecule has 0 radical (unpaired) electrons. The van der Waals surface area contributed by atoms with E-state index in [-0.39, 0.29) is 11.3 Å². The Hall–Kier alpha value is -2.75. The lowest BCUT2D eigenvalue weighted by Gasteiger charge is -2.33. The van der Waals surface area contributed by atoms with Crippen LogP contribution in [0.1, 0.15) is 10.4 Å². The first-order valence-corrected chi connectivity index (χ1v) is 6.51. The fourth-order valence-corrected chi connectivity index (χ4v) is 2.38. The number of nitrogens with zero attached hydrogens (tertiary/aromatic N) is 4. The molecule has 1 aliphatic rings. The summed E-state index contributed by atoms with van der Waals surface area (Å²) < 4.78 is 0. The zero-order valence-electron chi connectivity index (χ0n) is 11.9. The highest BCUT2D eigenvalue weighted by Gasteiger charge is 2.33. The summed E-state index contributed by atoms with van der Waals surface area (Å²) in [5, 5.41) is 22.5. The van der Waals surface area contributed by atoms with Crippen LogP contribution in [-0.2, 0) is 0 Å². The van der Waals surface area contributed by atoms with Gasteiger partial charge in [0.15, 0.2) is 5.69 Å². The molecule has 0 bridgehead atoms. The molecule has 1 heterocycles. The van der Waals surface area contributed by atoms with Crippen molar-refractivity contribution in [2.75, 3.05) is 38.1 Å². The molecule has 0 atom stereocenters. The van der Waals surface area contributed by atoms with Crippen LogP contribution in [0.25, 0.3) is 0 Å².